The lowest BCUT2D eigenvalue weighted by atomic mass is 10.2. The molecule has 0 aliphatic carbocycles. The molecule has 0 N–H and O–H groups in total. The molecule has 0 aromatic heterocycles. The fraction of sp³-hybridized carbons (Fsp3) is 0.0526. The van der Waals surface area contributed by atoms with Crippen LogP contribution in [0.25, 0.3) is 6.08 Å². The number of rotatable bonds is 5. The Bertz CT molecular complexity index is 892. The number of thioether (sulfide) groups is 1. The van der Waals surface area contributed by atoms with Crippen molar-refractivity contribution >= 4 is 84.5 Å². The van der Waals surface area contributed by atoms with Crippen LogP contribution in [0.2, 0.25) is 0 Å². The molecular formula is C19H13BrINO2S2. The van der Waals surface area contributed by atoms with Crippen LogP contribution in [-0.4, -0.2) is 16.8 Å². The molecule has 7 heteroatoms. The van der Waals surface area contributed by atoms with Crippen molar-refractivity contribution in [3.63, 3.8) is 0 Å². The van der Waals surface area contributed by atoms with E-state index in [2.05, 4.69) is 45.1 Å². The highest BCUT2D eigenvalue weighted by molar-refractivity contribution is 14.1. The number of thiocarbonyl (C=S) groups is 1. The van der Waals surface area contributed by atoms with E-state index in [-0.39, 0.29) is 5.91 Å². The van der Waals surface area contributed by atoms with E-state index in [0.29, 0.717) is 15.8 Å². The molecule has 1 amide bonds. The van der Waals surface area contributed by atoms with Gasteiger partial charge in [0.2, 0.25) is 0 Å². The van der Waals surface area contributed by atoms with Crippen LogP contribution in [0.5, 0.6) is 5.75 Å². The lowest BCUT2D eigenvalue weighted by Gasteiger charge is -2.13. The van der Waals surface area contributed by atoms with E-state index in [1.165, 1.54) is 11.8 Å². The van der Waals surface area contributed by atoms with Crippen molar-refractivity contribution in [2.45, 2.75) is 0 Å². The zero-order valence-corrected chi connectivity index (χ0v) is 18.8. The molecule has 0 bridgehead atoms. The maximum absolute atomic E-state index is 12.8. The van der Waals surface area contributed by atoms with E-state index >= 15 is 0 Å². The monoisotopic (exact) mass is 557 g/mol. The molecular weight excluding hydrogens is 545 g/mol. The molecule has 2 aromatic rings. The van der Waals surface area contributed by atoms with Crippen LogP contribution < -0.4 is 9.64 Å². The molecule has 26 heavy (non-hydrogen) atoms. The molecule has 1 aliphatic rings. The van der Waals surface area contributed by atoms with Gasteiger partial charge in [-0.15, -0.1) is 0 Å². The molecule has 3 nitrogen and oxygen atoms in total. The van der Waals surface area contributed by atoms with Gasteiger partial charge in [0.05, 0.1) is 18.6 Å². The number of benzene rings is 2. The first-order valence-corrected chi connectivity index (χ1v) is 10.7. The van der Waals surface area contributed by atoms with Gasteiger partial charge >= 0.3 is 0 Å². The average Bonchev–Trinajstić information content (AvgIpc) is 2.88. The van der Waals surface area contributed by atoms with Crippen LogP contribution in [0.4, 0.5) is 5.69 Å². The Hall–Kier alpha value is -1.16. The Morgan fingerprint density at radius 3 is 2.69 bits per heavy atom. The number of carbonyl (C=O) groups is 1. The maximum atomic E-state index is 12.8. The zero-order valence-electron chi connectivity index (χ0n) is 13.4. The molecule has 3 rings (SSSR count). The molecule has 1 heterocycles. The molecule has 0 unspecified atom stereocenters. The second kappa shape index (κ2) is 8.69. The highest BCUT2D eigenvalue weighted by Crippen LogP contribution is 2.38. The maximum Gasteiger partial charge on any atom is 0.270 e. The van der Waals surface area contributed by atoms with E-state index < -0.39 is 0 Å². The number of hydrogen-bond donors (Lipinski definition) is 0. The van der Waals surface area contributed by atoms with Crippen molar-refractivity contribution in [2.24, 2.45) is 0 Å². The van der Waals surface area contributed by atoms with Gasteiger partial charge in [-0.3, -0.25) is 9.69 Å². The van der Waals surface area contributed by atoms with Crippen molar-refractivity contribution in [2.75, 3.05) is 11.5 Å². The van der Waals surface area contributed by atoms with E-state index in [1.807, 2.05) is 48.5 Å². The average molecular weight is 558 g/mol. The fourth-order valence-electron chi connectivity index (χ4n) is 2.36. The predicted molar refractivity (Wildman–Crippen MR) is 125 cm³/mol. The second-order valence-corrected chi connectivity index (χ2v) is 8.96. The number of amides is 1. The Kier molecular flexibility index (Phi) is 6.55. The van der Waals surface area contributed by atoms with Crippen LogP contribution >= 0.6 is 62.5 Å². The van der Waals surface area contributed by atoms with E-state index in [0.717, 1.165) is 25.0 Å². The van der Waals surface area contributed by atoms with Gasteiger partial charge < -0.3 is 4.74 Å². The first-order chi connectivity index (χ1) is 12.5. The van der Waals surface area contributed by atoms with Crippen molar-refractivity contribution in [1.29, 1.82) is 0 Å². The third-order valence-electron chi connectivity index (χ3n) is 3.47. The SMILES string of the molecule is C=CCOc1c(Br)cc(/C=C2/SC(=S)N(c3ccccc3)C2=O)cc1I. The summed E-state index contributed by atoms with van der Waals surface area (Å²) in [6.07, 6.45) is 3.55. The Labute approximate surface area is 183 Å². The van der Waals surface area contributed by atoms with Crippen LogP contribution in [0, 0.1) is 3.57 Å². The largest absolute Gasteiger partial charge is 0.487 e. The molecule has 1 fully saturated rings. The summed E-state index contributed by atoms with van der Waals surface area (Å²) in [5, 5.41) is 0. The minimum Gasteiger partial charge on any atom is -0.487 e. The van der Waals surface area contributed by atoms with Gasteiger partial charge in [0.25, 0.3) is 5.91 Å². The van der Waals surface area contributed by atoms with Crippen LogP contribution in [0.15, 0.2) is 64.5 Å². The van der Waals surface area contributed by atoms with Crippen LogP contribution in [0.3, 0.4) is 0 Å². The molecule has 1 saturated heterocycles. The lowest BCUT2D eigenvalue weighted by molar-refractivity contribution is -0.113. The summed E-state index contributed by atoms with van der Waals surface area (Å²) < 4.78 is 7.97. The first kappa shape index (κ1) is 19.6. The predicted octanol–water partition coefficient (Wildman–Crippen LogP) is 6.02. The van der Waals surface area contributed by atoms with Gasteiger partial charge in [-0.25, -0.2) is 0 Å². The number of nitrogens with zero attached hydrogens (tertiary/aromatic N) is 1. The second-order valence-electron chi connectivity index (χ2n) is 5.27. The standard InChI is InChI=1S/C19H13BrINO2S2/c1-2-8-24-17-14(20)9-12(10-15(17)21)11-16-18(23)22(19(25)26-16)13-6-4-3-5-7-13/h2-7,9-11H,1,8H2/b16-11+. The Morgan fingerprint density at radius 1 is 1.31 bits per heavy atom. The number of ether oxygens (including phenoxy) is 1. The summed E-state index contributed by atoms with van der Waals surface area (Å²) in [5.41, 5.74) is 1.68. The third kappa shape index (κ3) is 4.21. The van der Waals surface area contributed by atoms with Crippen molar-refractivity contribution in [1.82, 2.24) is 0 Å². The minimum atomic E-state index is -0.107. The molecule has 1 aliphatic heterocycles. The van der Waals surface area contributed by atoms with Crippen LogP contribution in [-0.2, 0) is 4.79 Å². The number of hydrogen-bond acceptors (Lipinski definition) is 4. The summed E-state index contributed by atoms with van der Waals surface area (Å²) in [7, 11) is 0. The third-order valence-corrected chi connectivity index (χ3v) is 6.16. The summed E-state index contributed by atoms with van der Waals surface area (Å²) in [5.74, 6) is 0.656. The summed E-state index contributed by atoms with van der Waals surface area (Å²) in [4.78, 5) is 15.0. The molecule has 0 radical (unpaired) electrons. The van der Waals surface area contributed by atoms with Crippen molar-refractivity contribution < 1.29 is 9.53 Å². The van der Waals surface area contributed by atoms with Crippen LogP contribution in [0.1, 0.15) is 5.56 Å². The van der Waals surface area contributed by atoms with Gasteiger partial charge in [0.1, 0.15) is 12.4 Å². The minimum absolute atomic E-state index is 0.107. The highest BCUT2D eigenvalue weighted by atomic mass is 127. The fourth-order valence-corrected chi connectivity index (χ4v) is 5.43. The Morgan fingerprint density at radius 2 is 2.04 bits per heavy atom. The number of para-hydroxylation sites is 1. The summed E-state index contributed by atoms with van der Waals surface area (Å²) in [6, 6.07) is 13.3. The van der Waals surface area contributed by atoms with E-state index in [9.17, 15) is 4.79 Å². The molecule has 0 spiro atoms. The number of halogens is 2. The van der Waals surface area contributed by atoms with Gasteiger partial charge in [0.15, 0.2) is 4.32 Å². The summed E-state index contributed by atoms with van der Waals surface area (Å²) in [6.45, 7) is 4.09. The van der Waals surface area contributed by atoms with E-state index in [1.54, 1.807) is 11.0 Å². The topological polar surface area (TPSA) is 29.5 Å². The smallest absolute Gasteiger partial charge is 0.270 e. The lowest BCUT2D eigenvalue weighted by Crippen LogP contribution is -2.27. The van der Waals surface area contributed by atoms with Gasteiger partial charge in [-0.2, -0.15) is 0 Å². The normalized spacial score (nSPS) is 15.6. The molecule has 0 atom stereocenters. The number of anilines is 1. The Balaban J connectivity index is 1.90. The first-order valence-electron chi connectivity index (χ1n) is 7.57. The van der Waals surface area contributed by atoms with Gasteiger partial charge in [0, 0.05) is 0 Å². The number of carbonyl (C=O) groups excluding carboxylic acids is 1. The molecule has 2 aromatic carbocycles. The van der Waals surface area contributed by atoms with Crippen molar-refractivity contribution in [3.05, 3.63) is 73.6 Å². The quantitative estimate of drug-likeness (QED) is 0.194. The van der Waals surface area contributed by atoms with Gasteiger partial charge in [-0.1, -0.05) is 54.8 Å². The van der Waals surface area contributed by atoms with E-state index in [4.69, 9.17) is 17.0 Å². The molecule has 132 valence electrons. The molecule has 0 saturated carbocycles. The van der Waals surface area contributed by atoms with Gasteiger partial charge in [-0.05, 0) is 74.4 Å². The highest BCUT2D eigenvalue weighted by Gasteiger charge is 2.33. The summed E-state index contributed by atoms with van der Waals surface area (Å²) >= 11 is 12.5. The van der Waals surface area contributed by atoms with Crippen molar-refractivity contribution in [3.8, 4) is 5.75 Å². The zero-order chi connectivity index (χ0) is 18.7.